The maximum absolute atomic E-state index is 13.0. The van der Waals surface area contributed by atoms with Gasteiger partial charge in [-0.25, -0.2) is 13.8 Å². The lowest BCUT2D eigenvalue weighted by Crippen LogP contribution is -2.47. The molecule has 3 N–H and O–H groups in total. The van der Waals surface area contributed by atoms with E-state index < -0.39 is 32.8 Å². The van der Waals surface area contributed by atoms with Gasteiger partial charge in [0.05, 0.1) is 16.6 Å². The van der Waals surface area contributed by atoms with Crippen molar-refractivity contribution in [2.45, 2.75) is 49.0 Å². The van der Waals surface area contributed by atoms with E-state index in [4.69, 9.17) is 0 Å². The zero-order chi connectivity index (χ0) is 16.7. The molecule has 9 heteroatoms. The first-order chi connectivity index (χ1) is 10.8. The molecule has 128 valence electrons. The molecule has 3 rings (SSSR count). The Morgan fingerprint density at radius 2 is 1.78 bits per heavy atom. The van der Waals surface area contributed by atoms with Gasteiger partial charge in [0.15, 0.2) is 0 Å². The van der Waals surface area contributed by atoms with Crippen LogP contribution in [-0.4, -0.2) is 20.6 Å². The van der Waals surface area contributed by atoms with Crippen LogP contribution in [0.1, 0.15) is 31.2 Å². The Hall–Kier alpha value is -1.16. The summed E-state index contributed by atoms with van der Waals surface area (Å²) in [6, 6.07) is 4.36. The first-order valence-electron chi connectivity index (χ1n) is 7.49. The lowest BCUT2D eigenvalue weighted by atomic mass is 9.84. The summed E-state index contributed by atoms with van der Waals surface area (Å²) in [5.74, 6) is 0.0385. The van der Waals surface area contributed by atoms with Gasteiger partial charge in [0.2, 0.25) is 10.0 Å². The minimum Gasteiger partial charge on any atom is -0.253 e. The van der Waals surface area contributed by atoms with Gasteiger partial charge in [0, 0.05) is 12.0 Å². The van der Waals surface area contributed by atoms with Crippen LogP contribution < -0.4 is 15.6 Å². The molecule has 1 saturated heterocycles. The third kappa shape index (κ3) is 3.37. The molecular weight excluding hydrogens is 331 g/mol. The molecule has 2 fully saturated rings. The van der Waals surface area contributed by atoms with Crippen LogP contribution in [0.4, 0.5) is 13.2 Å². The first kappa shape index (κ1) is 16.7. The van der Waals surface area contributed by atoms with Gasteiger partial charge in [-0.2, -0.15) is 17.9 Å². The molecule has 1 aliphatic heterocycles. The van der Waals surface area contributed by atoms with Crippen molar-refractivity contribution in [2.75, 3.05) is 0 Å². The summed E-state index contributed by atoms with van der Waals surface area (Å²) in [5, 5.41) is 0. The SMILES string of the molecule is O=S(=O)(NC1NNC2CCCCC21)c1ccccc1C(F)(F)F. The van der Waals surface area contributed by atoms with E-state index in [0.717, 1.165) is 37.8 Å². The maximum atomic E-state index is 13.0. The highest BCUT2D eigenvalue weighted by Crippen LogP contribution is 2.35. The molecule has 3 unspecified atom stereocenters. The van der Waals surface area contributed by atoms with E-state index in [0.29, 0.717) is 0 Å². The summed E-state index contributed by atoms with van der Waals surface area (Å²) in [4.78, 5) is -0.742. The Labute approximate surface area is 132 Å². The average Bonchev–Trinajstić information content (AvgIpc) is 2.89. The van der Waals surface area contributed by atoms with E-state index in [1.165, 1.54) is 12.1 Å². The standard InChI is InChI=1S/C14H18F3N3O2S/c15-14(16,17)10-6-2-4-8-12(10)23(21,22)20-13-9-5-1-3-7-11(9)18-19-13/h2,4,6,8-9,11,13,18-20H,1,3,5,7H2. The van der Waals surface area contributed by atoms with E-state index >= 15 is 0 Å². The van der Waals surface area contributed by atoms with Crippen molar-refractivity contribution in [3.05, 3.63) is 29.8 Å². The highest BCUT2D eigenvalue weighted by Gasteiger charge is 2.41. The fourth-order valence-electron chi connectivity index (χ4n) is 3.32. The summed E-state index contributed by atoms with van der Waals surface area (Å²) in [6.45, 7) is 0. The molecule has 1 aliphatic carbocycles. The van der Waals surface area contributed by atoms with E-state index in [1.807, 2.05) is 0 Å². The molecular formula is C14H18F3N3O2S. The van der Waals surface area contributed by atoms with Crippen molar-refractivity contribution in [3.8, 4) is 0 Å². The topological polar surface area (TPSA) is 70.2 Å². The second kappa shape index (κ2) is 6.04. The number of fused-ring (bicyclic) bond motifs is 1. The third-order valence-electron chi connectivity index (χ3n) is 4.44. The van der Waals surface area contributed by atoms with Crippen LogP contribution in [0.2, 0.25) is 0 Å². The summed E-state index contributed by atoms with van der Waals surface area (Å²) < 4.78 is 66.4. The Kier molecular flexibility index (Phi) is 4.39. The number of rotatable bonds is 3. The van der Waals surface area contributed by atoms with Gasteiger partial charge in [0.1, 0.15) is 0 Å². The fraction of sp³-hybridized carbons (Fsp3) is 0.571. The number of benzene rings is 1. The van der Waals surface area contributed by atoms with Gasteiger partial charge in [-0.15, -0.1) is 0 Å². The van der Waals surface area contributed by atoms with Gasteiger partial charge in [-0.1, -0.05) is 25.0 Å². The molecule has 0 amide bonds. The second-order valence-corrected chi connectivity index (χ2v) is 7.62. The molecule has 1 saturated carbocycles. The van der Waals surface area contributed by atoms with Gasteiger partial charge in [-0.3, -0.25) is 5.43 Å². The quantitative estimate of drug-likeness (QED) is 0.780. The molecule has 23 heavy (non-hydrogen) atoms. The number of hydrogen-bond donors (Lipinski definition) is 3. The van der Waals surface area contributed by atoms with Crippen LogP contribution in [0, 0.1) is 5.92 Å². The number of hydrogen-bond acceptors (Lipinski definition) is 4. The van der Waals surface area contributed by atoms with Crippen molar-refractivity contribution in [1.82, 2.24) is 15.6 Å². The molecule has 2 aliphatic rings. The van der Waals surface area contributed by atoms with Gasteiger partial charge in [-0.05, 0) is 25.0 Å². The molecule has 1 aromatic carbocycles. The predicted octanol–water partition coefficient (Wildman–Crippen LogP) is 1.98. The minimum atomic E-state index is -4.72. The molecule has 0 spiro atoms. The number of nitrogens with one attached hydrogen (secondary N) is 3. The Morgan fingerprint density at radius 1 is 1.09 bits per heavy atom. The van der Waals surface area contributed by atoms with Gasteiger partial charge < -0.3 is 0 Å². The normalized spacial score (nSPS) is 28.6. The molecule has 3 atom stereocenters. The maximum Gasteiger partial charge on any atom is 0.417 e. The van der Waals surface area contributed by atoms with Crippen LogP contribution in [0.15, 0.2) is 29.2 Å². The van der Waals surface area contributed by atoms with E-state index in [9.17, 15) is 21.6 Å². The number of sulfonamides is 1. The average molecular weight is 349 g/mol. The Morgan fingerprint density at radius 3 is 2.52 bits per heavy atom. The molecule has 0 bridgehead atoms. The largest absolute Gasteiger partial charge is 0.417 e. The minimum absolute atomic E-state index is 0.0385. The number of alkyl halides is 3. The monoisotopic (exact) mass is 349 g/mol. The van der Waals surface area contributed by atoms with Gasteiger partial charge >= 0.3 is 6.18 Å². The summed E-state index contributed by atoms with van der Waals surface area (Å²) in [5.41, 5.74) is 4.74. The number of hydrazine groups is 1. The van der Waals surface area contributed by atoms with Crippen molar-refractivity contribution in [2.24, 2.45) is 5.92 Å². The Balaban J connectivity index is 1.86. The Bertz CT molecular complexity index is 678. The fourth-order valence-corrected chi connectivity index (χ4v) is 4.75. The van der Waals surface area contributed by atoms with Crippen LogP contribution in [-0.2, 0) is 16.2 Å². The van der Waals surface area contributed by atoms with E-state index in [1.54, 1.807) is 0 Å². The summed E-state index contributed by atoms with van der Waals surface area (Å²) in [6.07, 6.45) is -1.52. The van der Waals surface area contributed by atoms with Crippen LogP contribution in [0.3, 0.4) is 0 Å². The molecule has 1 heterocycles. The van der Waals surface area contributed by atoms with E-state index in [-0.39, 0.29) is 12.0 Å². The molecule has 0 aromatic heterocycles. The predicted molar refractivity (Wildman–Crippen MR) is 77.6 cm³/mol. The molecule has 0 radical (unpaired) electrons. The van der Waals surface area contributed by atoms with Crippen molar-refractivity contribution >= 4 is 10.0 Å². The first-order valence-corrected chi connectivity index (χ1v) is 8.97. The summed E-state index contributed by atoms with van der Waals surface area (Å²) >= 11 is 0. The van der Waals surface area contributed by atoms with Crippen LogP contribution in [0.25, 0.3) is 0 Å². The van der Waals surface area contributed by atoms with Crippen molar-refractivity contribution in [3.63, 3.8) is 0 Å². The zero-order valence-corrected chi connectivity index (χ0v) is 13.0. The van der Waals surface area contributed by atoms with Crippen LogP contribution >= 0.6 is 0 Å². The highest BCUT2D eigenvalue weighted by atomic mass is 32.2. The molecule has 5 nitrogen and oxygen atoms in total. The third-order valence-corrected chi connectivity index (χ3v) is 5.94. The highest BCUT2D eigenvalue weighted by molar-refractivity contribution is 7.89. The summed E-state index contributed by atoms with van der Waals surface area (Å²) in [7, 11) is -4.28. The second-order valence-electron chi connectivity index (χ2n) is 5.94. The lowest BCUT2D eigenvalue weighted by Gasteiger charge is -2.27. The van der Waals surface area contributed by atoms with Crippen LogP contribution in [0.5, 0.6) is 0 Å². The van der Waals surface area contributed by atoms with Crippen molar-refractivity contribution in [1.29, 1.82) is 0 Å². The zero-order valence-electron chi connectivity index (χ0n) is 12.2. The van der Waals surface area contributed by atoms with E-state index in [2.05, 4.69) is 15.6 Å². The number of halogens is 3. The lowest BCUT2D eigenvalue weighted by molar-refractivity contribution is -0.139. The smallest absolute Gasteiger partial charge is 0.253 e. The van der Waals surface area contributed by atoms with Crippen molar-refractivity contribution < 1.29 is 21.6 Å². The van der Waals surface area contributed by atoms with Gasteiger partial charge in [0.25, 0.3) is 0 Å². The molecule has 1 aromatic rings.